The molecule has 2 unspecified atom stereocenters. The smallest absolute Gasteiger partial charge is 0.111 e. The molecule has 1 aromatic rings. The van der Waals surface area contributed by atoms with Crippen LogP contribution in [0.5, 0.6) is 0 Å². The van der Waals surface area contributed by atoms with Gasteiger partial charge >= 0.3 is 0 Å². The second-order valence-corrected chi connectivity index (χ2v) is 11.1. The van der Waals surface area contributed by atoms with Gasteiger partial charge in [-0.3, -0.25) is 0 Å². The normalized spacial score (nSPS) is 13.4. The molecular weight excluding hydrogens is 412 g/mol. The van der Waals surface area contributed by atoms with E-state index in [1.165, 1.54) is 154 Å². The lowest BCUT2D eigenvalue weighted by molar-refractivity contribution is 0.422. The van der Waals surface area contributed by atoms with Gasteiger partial charge in [-0.25, -0.2) is 4.98 Å². The van der Waals surface area contributed by atoms with Gasteiger partial charge in [-0.1, -0.05) is 149 Å². The van der Waals surface area contributed by atoms with E-state index in [0.29, 0.717) is 12.0 Å². The van der Waals surface area contributed by atoms with E-state index in [0.717, 1.165) is 0 Å². The van der Waals surface area contributed by atoms with E-state index in [1.54, 1.807) is 0 Å². The molecule has 0 aliphatic carbocycles. The Morgan fingerprint density at radius 3 is 1.50 bits per heavy atom. The lowest BCUT2D eigenvalue weighted by Crippen LogP contribution is -2.13. The van der Waals surface area contributed by atoms with Crippen LogP contribution in [0.4, 0.5) is 0 Å². The monoisotopic (exact) mass is 474 g/mol. The summed E-state index contributed by atoms with van der Waals surface area (Å²) in [6, 6.07) is 0.592. The van der Waals surface area contributed by atoms with Gasteiger partial charge in [0.25, 0.3) is 0 Å². The predicted octanol–water partition coefficient (Wildman–Crippen LogP) is 11.6. The predicted molar refractivity (Wildman–Crippen MR) is 153 cm³/mol. The van der Waals surface area contributed by atoms with Gasteiger partial charge in [-0.15, -0.1) is 0 Å². The summed E-state index contributed by atoms with van der Waals surface area (Å²) >= 11 is 0. The maximum Gasteiger partial charge on any atom is 0.111 e. The Bertz CT molecular complexity index is 535. The Labute approximate surface area is 215 Å². The zero-order valence-electron chi connectivity index (χ0n) is 24.0. The van der Waals surface area contributed by atoms with Crippen LogP contribution in [0.3, 0.4) is 0 Å². The first-order chi connectivity index (χ1) is 16.7. The fraction of sp³-hybridized carbons (Fsp3) is 0.906. The number of hydrogen-bond acceptors (Lipinski definition) is 1. The molecule has 0 aliphatic rings. The average Bonchev–Trinajstić information content (AvgIpc) is 3.33. The first-order valence-electron chi connectivity index (χ1n) is 15.8. The lowest BCUT2D eigenvalue weighted by Gasteiger charge is -2.22. The molecule has 0 N–H and O–H groups in total. The van der Waals surface area contributed by atoms with Crippen LogP contribution in [0.25, 0.3) is 0 Å². The second kappa shape index (κ2) is 22.7. The highest BCUT2D eigenvalue weighted by Gasteiger charge is 2.18. The maximum atomic E-state index is 4.84. The first kappa shape index (κ1) is 31.2. The molecule has 0 bridgehead atoms. The summed E-state index contributed by atoms with van der Waals surface area (Å²) in [6.07, 6.45) is 36.6. The number of aromatic nitrogens is 2. The number of hydrogen-bond donors (Lipinski definition) is 0. The minimum Gasteiger partial charge on any atom is -0.332 e. The zero-order valence-corrected chi connectivity index (χ0v) is 24.0. The quantitative estimate of drug-likeness (QED) is 0.129. The van der Waals surface area contributed by atoms with Crippen molar-refractivity contribution in [2.75, 3.05) is 0 Å². The molecule has 2 heteroatoms. The molecule has 0 fully saturated rings. The molecule has 1 aromatic heterocycles. The van der Waals surface area contributed by atoms with Crippen LogP contribution in [0.15, 0.2) is 12.4 Å². The van der Waals surface area contributed by atoms with Gasteiger partial charge in [0.2, 0.25) is 0 Å². The molecule has 34 heavy (non-hydrogen) atoms. The zero-order chi connectivity index (χ0) is 24.7. The van der Waals surface area contributed by atoms with Gasteiger partial charge in [0.15, 0.2) is 0 Å². The molecular formula is C32H62N2. The van der Waals surface area contributed by atoms with Gasteiger partial charge in [0.05, 0.1) is 0 Å². The fourth-order valence-electron chi connectivity index (χ4n) is 5.53. The minimum atomic E-state index is 0.592. The van der Waals surface area contributed by atoms with Crippen LogP contribution >= 0.6 is 0 Å². The first-order valence-corrected chi connectivity index (χ1v) is 15.8. The van der Waals surface area contributed by atoms with Gasteiger partial charge in [-0.05, 0) is 26.2 Å². The molecule has 0 amide bonds. The third-order valence-electron chi connectivity index (χ3n) is 7.81. The van der Waals surface area contributed by atoms with E-state index >= 15 is 0 Å². The maximum absolute atomic E-state index is 4.84. The molecule has 1 rings (SSSR count). The van der Waals surface area contributed by atoms with Crippen LogP contribution in [0.2, 0.25) is 0 Å². The molecule has 1 heterocycles. The number of unbranched alkanes of at least 4 members (excludes halogenated alkanes) is 17. The largest absolute Gasteiger partial charge is 0.332 e. The molecule has 0 aliphatic heterocycles. The van der Waals surface area contributed by atoms with Crippen molar-refractivity contribution in [3.8, 4) is 0 Å². The van der Waals surface area contributed by atoms with Crippen molar-refractivity contribution >= 4 is 0 Å². The Kier molecular flexibility index (Phi) is 20.8. The highest BCUT2D eigenvalue weighted by atomic mass is 15.1. The molecule has 2 nitrogen and oxygen atoms in total. The highest BCUT2D eigenvalue weighted by molar-refractivity contribution is 5.02. The van der Waals surface area contributed by atoms with Gasteiger partial charge < -0.3 is 4.57 Å². The van der Waals surface area contributed by atoms with Crippen molar-refractivity contribution in [1.82, 2.24) is 9.55 Å². The van der Waals surface area contributed by atoms with Crippen LogP contribution in [-0.4, -0.2) is 9.55 Å². The molecule has 200 valence electrons. The summed E-state index contributed by atoms with van der Waals surface area (Å²) in [4.78, 5) is 4.84. The summed E-state index contributed by atoms with van der Waals surface area (Å²) in [6.45, 7) is 9.32. The topological polar surface area (TPSA) is 17.8 Å². The molecule has 0 saturated heterocycles. The Hall–Kier alpha value is -0.790. The van der Waals surface area contributed by atoms with Crippen molar-refractivity contribution in [3.05, 3.63) is 18.2 Å². The Balaban J connectivity index is 2.09. The Morgan fingerprint density at radius 2 is 1.00 bits per heavy atom. The SMILES string of the molecule is CCCCCCCCCCCCCCCCCCC(CCC)c1nccn1C(C)CCCCC. The summed E-state index contributed by atoms with van der Waals surface area (Å²) < 4.78 is 2.50. The summed E-state index contributed by atoms with van der Waals surface area (Å²) in [5, 5.41) is 0. The van der Waals surface area contributed by atoms with Crippen molar-refractivity contribution in [2.24, 2.45) is 0 Å². The van der Waals surface area contributed by atoms with E-state index < -0.39 is 0 Å². The van der Waals surface area contributed by atoms with Gasteiger partial charge in [0, 0.05) is 24.4 Å². The number of nitrogens with zero attached hydrogens (tertiary/aromatic N) is 2. The minimum absolute atomic E-state index is 0.592. The van der Waals surface area contributed by atoms with E-state index in [2.05, 4.69) is 38.5 Å². The van der Waals surface area contributed by atoms with Crippen molar-refractivity contribution in [2.45, 2.75) is 187 Å². The average molecular weight is 475 g/mol. The van der Waals surface area contributed by atoms with Crippen LogP contribution < -0.4 is 0 Å². The lowest BCUT2D eigenvalue weighted by atomic mass is 9.94. The third kappa shape index (κ3) is 15.3. The van der Waals surface area contributed by atoms with Crippen molar-refractivity contribution in [1.29, 1.82) is 0 Å². The molecule has 0 saturated carbocycles. The van der Waals surface area contributed by atoms with Gasteiger partial charge in [-0.2, -0.15) is 0 Å². The van der Waals surface area contributed by atoms with Crippen molar-refractivity contribution < 1.29 is 0 Å². The summed E-state index contributed by atoms with van der Waals surface area (Å²) in [5.41, 5.74) is 0. The fourth-order valence-corrected chi connectivity index (χ4v) is 5.53. The van der Waals surface area contributed by atoms with E-state index in [1.807, 2.05) is 6.20 Å². The van der Waals surface area contributed by atoms with Crippen LogP contribution in [0, 0.1) is 0 Å². The van der Waals surface area contributed by atoms with E-state index in [-0.39, 0.29) is 0 Å². The highest BCUT2D eigenvalue weighted by Crippen LogP contribution is 2.29. The molecule has 0 aromatic carbocycles. The summed E-state index contributed by atoms with van der Waals surface area (Å²) in [7, 11) is 0. The third-order valence-corrected chi connectivity index (χ3v) is 7.81. The Morgan fingerprint density at radius 1 is 0.559 bits per heavy atom. The summed E-state index contributed by atoms with van der Waals surface area (Å²) in [5.74, 6) is 2.02. The van der Waals surface area contributed by atoms with Crippen molar-refractivity contribution in [3.63, 3.8) is 0 Å². The van der Waals surface area contributed by atoms with Crippen LogP contribution in [-0.2, 0) is 0 Å². The van der Waals surface area contributed by atoms with Crippen LogP contribution in [0.1, 0.15) is 193 Å². The second-order valence-electron chi connectivity index (χ2n) is 11.1. The standard InChI is InChI=1S/C32H62N2/c1-5-8-10-11-12-13-14-15-16-17-18-19-20-21-22-24-27-31(25-7-3)32-33-28-29-34(32)30(4)26-23-9-6-2/h28-31H,5-27H2,1-4H3. The van der Waals surface area contributed by atoms with E-state index in [4.69, 9.17) is 4.98 Å². The molecule has 0 spiro atoms. The molecule has 2 atom stereocenters. The number of imidazole rings is 1. The number of rotatable bonds is 25. The van der Waals surface area contributed by atoms with Gasteiger partial charge in [0.1, 0.15) is 5.82 Å². The van der Waals surface area contributed by atoms with E-state index in [9.17, 15) is 0 Å². The molecule has 0 radical (unpaired) electrons.